The molecule has 2 heterocycles. The van der Waals surface area contributed by atoms with Gasteiger partial charge in [-0.15, -0.1) is 11.3 Å². The van der Waals surface area contributed by atoms with E-state index in [2.05, 4.69) is 15.3 Å². The van der Waals surface area contributed by atoms with Crippen molar-refractivity contribution in [3.63, 3.8) is 0 Å². The Morgan fingerprint density at radius 3 is 2.46 bits per heavy atom. The van der Waals surface area contributed by atoms with E-state index < -0.39 is 0 Å². The molecule has 2 aromatic rings. The Hall–Kier alpha value is -1.40. The number of nitrogens with zero attached hydrogens (tertiary/aromatic N) is 3. The lowest BCUT2D eigenvalue weighted by atomic mass is 9.95. The summed E-state index contributed by atoms with van der Waals surface area (Å²) in [7, 11) is 6.00. The Balaban J connectivity index is 0.000000383. The molecule has 0 spiro atoms. The van der Waals surface area contributed by atoms with Gasteiger partial charge in [0.25, 0.3) is 0 Å². The number of hydrogen-bond donors (Lipinski definition) is 2. The van der Waals surface area contributed by atoms with E-state index in [-0.39, 0.29) is 0 Å². The third-order valence-electron chi connectivity index (χ3n) is 4.53. The van der Waals surface area contributed by atoms with E-state index >= 15 is 0 Å². The topological polar surface area (TPSA) is 67.1 Å². The number of aromatic nitrogens is 2. The van der Waals surface area contributed by atoms with Gasteiger partial charge in [-0.25, -0.2) is 4.98 Å². The molecule has 6 heteroatoms. The van der Waals surface area contributed by atoms with Crippen molar-refractivity contribution < 1.29 is 0 Å². The molecular weight excluding hydrogens is 318 g/mol. The minimum Gasteiger partial charge on any atom is -0.368 e. The van der Waals surface area contributed by atoms with Crippen LogP contribution in [0.1, 0.15) is 49.0 Å². The highest BCUT2D eigenvalue weighted by atomic mass is 32.1. The Labute approximate surface area is 148 Å². The van der Waals surface area contributed by atoms with E-state index in [1.165, 1.54) is 67.2 Å². The van der Waals surface area contributed by atoms with Crippen LogP contribution in [0.4, 0.5) is 11.8 Å². The second kappa shape index (κ2) is 7.66. The molecule has 0 saturated heterocycles. The second-order valence-corrected chi connectivity index (χ2v) is 8.37. The van der Waals surface area contributed by atoms with Crippen molar-refractivity contribution in [2.75, 3.05) is 32.2 Å². The average molecular weight is 348 g/mol. The van der Waals surface area contributed by atoms with Crippen molar-refractivity contribution in [3.05, 3.63) is 10.4 Å². The van der Waals surface area contributed by atoms with Gasteiger partial charge in [0, 0.05) is 10.9 Å². The molecule has 132 valence electrons. The zero-order chi connectivity index (χ0) is 17.1. The monoisotopic (exact) mass is 347 g/mol. The largest absolute Gasteiger partial charge is 0.368 e. The highest BCUT2D eigenvalue weighted by Crippen LogP contribution is 2.40. The van der Waals surface area contributed by atoms with Crippen molar-refractivity contribution in [2.24, 2.45) is 0 Å². The van der Waals surface area contributed by atoms with Crippen LogP contribution >= 0.6 is 11.3 Å². The molecule has 24 heavy (non-hydrogen) atoms. The van der Waals surface area contributed by atoms with Crippen LogP contribution in [0.2, 0.25) is 0 Å². The van der Waals surface area contributed by atoms with Crippen LogP contribution in [0, 0.1) is 0 Å². The minimum absolute atomic E-state index is 0.399. The van der Waals surface area contributed by atoms with Gasteiger partial charge in [-0.3, -0.25) is 0 Å². The first-order valence-electron chi connectivity index (χ1n) is 9.00. The number of aryl methyl sites for hydroxylation is 2. The molecule has 2 aliphatic rings. The van der Waals surface area contributed by atoms with Crippen LogP contribution in [0.25, 0.3) is 10.2 Å². The van der Waals surface area contributed by atoms with E-state index in [1.54, 1.807) is 11.3 Å². The van der Waals surface area contributed by atoms with E-state index in [0.717, 1.165) is 10.6 Å². The molecule has 5 nitrogen and oxygen atoms in total. The molecule has 0 atom stereocenters. The number of hydrogen-bond acceptors (Lipinski definition) is 6. The molecule has 4 rings (SSSR count). The van der Waals surface area contributed by atoms with Gasteiger partial charge in [-0.05, 0) is 58.8 Å². The molecule has 0 amide bonds. The van der Waals surface area contributed by atoms with Gasteiger partial charge < -0.3 is 16.0 Å². The predicted octanol–water partition coefficient (Wildman–Crippen LogP) is 3.68. The first-order valence-corrected chi connectivity index (χ1v) is 9.81. The molecule has 0 aromatic carbocycles. The normalized spacial score (nSPS) is 17.7. The Kier molecular flexibility index (Phi) is 5.56. The highest BCUT2D eigenvalue weighted by Gasteiger charge is 2.23. The Morgan fingerprint density at radius 2 is 1.75 bits per heavy atom. The Morgan fingerprint density at radius 1 is 1.04 bits per heavy atom. The van der Waals surface area contributed by atoms with E-state index in [1.807, 2.05) is 26.0 Å². The number of nitrogens with one attached hydrogen (secondary N) is 1. The maximum absolute atomic E-state index is 5.89. The van der Waals surface area contributed by atoms with E-state index in [4.69, 9.17) is 5.73 Å². The van der Waals surface area contributed by atoms with Gasteiger partial charge in [0.15, 0.2) is 0 Å². The third-order valence-corrected chi connectivity index (χ3v) is 5.71. The maximum Gasteiger partial charge on any atom is 0.223 e. The number of nitrogen functional groups attached to an aromatic ring is 1. The van der Waals surface area contributed by atoms with Gasteiger partial charge in [-0.1, -0.05) is 19.3 Å². The van der Waals surface area contributed by atoms with Crippen molar-refractivity contribution >= 4 is 33.3 Å². The second-order valence-electron chi connectivity index (χ2n) is 7.29. The fourth-order valence-corrected chi connectivity index (χ4v) is 4.83. The summed E-state index contributed by atoms with van der Waals surface area (Å²) in [6.45, 7) is 0. The first-order chi connectivity index (χ1) is 11.5. The minimum atomic E-state index is 0.399. The number of nitrogens with two attached hydrogens (primary N) is 1. The number of rotatable bonds is 2. The number of anilines is 2. The zero-order valence-corrected chi connectivity index (χ0v) is 15.9. The van der Waals surface area contributed by atoms with Crippen LogP contribution in [0.5, 0.6) is 0 Å². The molecular formula is C18H29N5S. The van der Waals surface area contributed by atoms with Gasteiger partial charge in [0.2, 0.25) is 5.95 Å². The highest BCUT2D eigenvalue weighted by molar-refractivity contribution is 7.19. The molecule has 3 N–H and O–H groups in total. The van der Waals surface area contributed by atoms with Crippen molar-refractivity contribution in [3.8, 4) is 0 Å². The van der Waals surface area contributed by atoms with Gasteiger partial charge in [-0.2, -0.15) is 4.98 Å². The molecule has 2 aromatic heterocycles. The van der Waals surface area contributed by atoms with Gasteiger partial charge in [0.1, 0.15) is 10.6 Å². The van der Waals surface area contributed by atoms with Crippen LogP contribution in [0.3, 0.4) is 0 Å². The van der Waals surface area contributed by atoms with Gasteiger partial charge in [0.05, 0.1) is 5.39 Å². The predicted molar refractivity (Wildman–Crippen MR) is 104 cm³/mol. The van der Waals surface area contributed by atoms with E-state index in [0.29, 0.717) is 12.0 Å². The molecule has 2 aliphatic carbocycles. The quantitative estimate of drug-likeness (QED) is 0.867. The summed E-state index contributed by atoms with van der Waals surface area (Å²) in [6.07, 6.45) is 10.1. The Bertz CT molecular complexity index is 686. The summed E-state index contributed by atoms with van der Waals surface area (Å²) in [5.41, 5.74) is 7.37. The molecule has 0 radical (unpaired) electrons. The van der Waals surface area contributed by atoms with Gasteiger partial charge >= 0.3 is 0 Å². The average Bonchev–Trinajstić information content (AvgIpc) is 3.07. The standard InChI is InChI=1S/C15H20N4S.C3H9N/c16-15-18-13(17-9-5-2-1-3-6-9)12-10-7-4-8-11(10)20-14(12)19-15;1-4(2)3/h9H,1-8H2,(H3,16,17,18,19);1-3H3. The summed E-state index contributed by atoms with van der Waals surface area (Å²) in [6, 6.07) is 0.554. The third kappa shape index (κ3) is 3.98. The molecule has 1 saturated carbocycles. The van der Waals surface area contributed by atoms with Crippen LogP contribution in [-0.2, 0) is 12.8 Å². The molecule has 0 bridgehead atoms. The fraction of sp³-hybridized carbons (Fsp3) is 0.667. The lowest BCUT2D eigenvalue weighted by Gasteiger charge is -2.23. The fourth-order valence-electron chi connectivity index (χ4n) is 3.56. The summed E-state index contributed by atoms with van der Waals surface area (Å²) < 4.78 is 0. The molecule has 0 aliphatic heterocycles. The molecule has 1 fully saturated rings. The van der Waals surface area contributed by atoms with Crippen LogP contribution < -0.4 is 11.1 Å². The summed E-state index contributed by atoms with van der Waals surface area (Å²) in [4.78, 5) is 13.5. The molecule has 0 unspecified atom stereocenters. The summed E-state index contributed by atoms with van der Waals surface area (Å²) in [5, 5.41) is 4.91. The first kappa shape index (κ1) is 17.4. The lowest BCUT2D eigenvalue weighted by molar-refractivity contribution is 0.462. The van der Waals surface area contributed by atoms with E-state index in [9.17, 15) is 0 Å². The maximum atomic E-state index is 5.89. The summed E-state index contributed by atoms with van der Waals surface area (Å²) >= 11 is 1.81. The van der Waals surface area contributed by atoms with Crippen molar-refractivity contribution in [1.82, 2.24) is 14.9 Å². The van der Waals surface area contributed by atoms with Crippen LogP contribution in [0.15, 0.2) is 0 Å². The number of fused-ring (bicyclic) bond motifs is 3. The van der Waals surface area contributed by atoms with Crippen LogP contribution in [-0.4, -0.2) is 42.1 Å². The van der Waals surface area contributed by atoms with Crippen molar-refractivity contribution in [1.29, 1.82) is 0 Å². The smallest absolute Gasteiger partial charge is 0.223 e. The SMILES string of the molecule is CN(C)C.Nc1nc(NC2CCCCC2)c2c3c(sc2n1)CCC3. The summed E-state index contributed by atoms with van der Waals surface area (Å²) in [5.74, 6) is 1.38. The zero-order valence-electron chi connectivity index (χ0n) is 15.1. The van der Waals surface area contributed by atoms with Crippen molar-refractivity contribution in [2.45, 2.75) is 57.4 Å². The number of thiophene rings is 1. The lowest BCUT2D eigenvalue weighted by Crippen LogP contribution is -2.23.